The Kier molecular flexibility index (Phi) is 7.53. The van der Waals surface area contributed by atoms with Gasteiger partial charge in [-0.2, -0.15) is 0 Å². The van der Waals surface area contributed by atoms with Gasteiger partial charge in [0.1, 0.15) is 5.60 Å². The first-order valence-corrected chi connectivity index (χ1v) is 11.4. The van der Waals surface area contributed by atoms with Crippen LogP contribution < -0.4 is 5.32 Å². The number of hydrogen-bond acceptors (Lipinski definition) is 3. The van der Waals surface area contributed by atoms with Gasteiger partial charge in [0.25, 0.3) is 0 Å². The lowest BCUT2D eigenvalue weighted by Gasteiger charge is -2.34. The summed E-state index contributed by atoms with van der Waals surface area (Å²) < 4.78 is 0. The molecule has 4 rings (SSSR count). The molecule has 1 fully saturated rings. The Balaban J connectivity index is 0.000000391. The van der Waals surface area contributed by atoms with E-state index >= 15 is 0 Å². The fraction of sp³-hybridized carbons (Fsp3) is 0.481. The molecular weight excluding hydrogens is 384 g/mol. The van der Waals surface area contributed by atoms with Crippen LogP contribution in [0.25, 0.3) is 0 Å². The maximum absolute atomic E-state index is 12.6. The van der Waals surface area contributed by atoms with Crippen molar-refractivity contribution in [3.8, 4) is 0 Å². The van der Waals surface area contributed by atoms with Crippen LogP contribution in [0, 0.1) is 11.3 Å². The monoisotopic (exact) mass is 420 g/mol. The van der Waals surface area contributed by atoms with Crippen molar-refractivity contribution in [1.82, 2.24) is 5.32 Å². The van der Waals surface area contributed by atoms with E-state index in [1.54, 1.807) is 0 Å². The second-order valence-electron chi connectivity index (χ2n) is 9.87. The van der Waals surface area contributed by atoms with Gasteiger partial charge in [-0.05, 0) is 56.6 Å². The lowest BCUT2D eigenvalue weighted by atomic mass is 9.76. The Morgan fingerprint density at radius 2 is 1.68 bits per heavy atom. The largest absolute Gasteiger partial charge is 0.389 e. The number of nitrogens with zero attached hydrogens (tertiary/aromatic N) is 1. The second-order valence-corrected chi connectivity index (χ2v) is 9.87. The van der Waals surface area contributed by atoms with Crippen molar-refractivity contribution >= 4 is 11.6 Å². The number of benzene rings is 1. The predicted octanol–water partition coefficient (Wildman–Crippen LogP) is 6.33. The summed E-state index contributed by atoms with van der Waals surface area (Å²) in [6, 6.07) is 12.0. The lowest BCUT2D eigenvalue weighted by molar-refractivity contribution is -0.128. The molecule has 1 aromatic rings. The highest BCUT2D eigenvalue weighted by Crippen LogP contribution is 2.40. The second kappa shape index (κ2) is 10.1. The zero-order valence-electron chi connectivity index (χ0n) is 19.4. The van der Waals surface area contributed by atoms with E-state index < -0.39 is 0 Å². The maximum atomic E-state index is 12.6. The molecule has 1 saturated carbocycles. The van der Waals surface area contributed by atoms with E-state index in [9.17, 15) is 4.79 Å². The number of amides is 1. The van der Waals surface area contributed by atoms with Gasteiger partial charge in [-0.25, -0.2) is 0 Å². The number of carbonyl (C=O) groups is 1. The van der Waals surface area contributed by atoms with Gasteiger partial charge >= 0.3 is 0 Å². The number of rotatable bonds is 2. The van der Waals surface area contributed by atoms with Gasteiger partial charge in [0.15, 0.2) is 0 Å². The molecule has 1 aromatic carbocycles. The molecule has 3 aliphatic rings. The molecule has 1 N–H and O–H groups in total. The van der Waals surface area contributed by atoms with Gasteiger partial charge in [-0.3, -0.25) is 4.79 Å². The van der Waals surface area contributed by atoms with Crippen LogP contribution in [0.4, 0.5) is 0 Å². The summed E-state index contributed by atoms with van der Waals surface area (Å²) in [7, 11) is 0. The van der Waals surface area contributed by atoms with E-state index in [1.165, 1.54) is 5.57 Å². The molecule has 166 valence electrons. The molecule has 2 aliphatic carbocycles. The normalized spacial score (nSPS) is 25.3. The average Bonchev–Trinajstić information content (AvgIpc) is 2.95. The van der Waals surface area contributed by atoms with Crippen LogP contribution in [0.2, 0.25) is 0 Å². The van der Waals surface area contributed by atoms with Crippen LogP contribution in [0.5, 0.6) is 0 Å². The summed E-state index contributed by atoms with van der Waals surface area (Å²) in [6.45, 7) is 8.67. The third kappa shape index (κ3) is 6.68. The topological polar surface area (TPSA) is 50.7 Å². The zero-order chi connectivity index (χ0) is 22.3. The minimum absolute atomic E-state index is 0.0683. The van der Waals surface area contributed by atoms with Crippen molar-refractivity contribution < 1.29 is 9.63 Å². The number of allylic oxidation sites excluding steroid dienone is 5. The molecule has 1 heterocycles. The molecule has 4 nitrogen and oxygen atoms in total. The first kappa shape index (κ1) is 23.1. The van der Waals surface area contributed by atoms with Gasteiger partial charge in [0, 0.05) is 18.0 Å². The van der Waals surface area contributed by atoms with Crippen molar-refractivity contribution in [2.45, 2.75) is 71.8 Å². The van der Waals surface area contributed by atoms with Crippen LogP contribution >= 0.6 is 0 Å². The van der Waals surface area contributed by atoms with Crippen LogP contribution in [0.15, 0.2) is 77.1 Å². The fourth-order valence-corrected chi connectivity index (χ4v) is 4.28. The molecule has 1 spiro atoms. The van der Waals surface area contributed by atoms with E-state index in [1.807, 2.05) is 55.5 Å². The maximum Gasteiger partial charge on any atom is 0.227 e. The van der Waals surface area contributed by atoms with Crippen molar-refractivity contribution in [3.05, 3.63) is 72.0 Å². The minimum Gasteiger partial charge on any atom is -0.389 e. The first-order chi connectivity index (χ1) is 14.8. The summed E-state index contributed by atoms with van der Waals surface area (Å²) in [5.41, 5.74) is 3.35. The fourth-order valence-electron chi connectivity index (χ4n) is 4.28. The molecule has 0 atom stereocenters. The molecular formula is C27H36N2O2. The average molecular weight is 421 g/mol. The Labute approximate surface area is 187 Å². The molecule has 0 unspecified atom stereocenters. The van der Waals surface area contributed by atoms with Crippen LogP contribution in [0.1, 0.15) is 66.2 Å². The molecule has 0 aromatic heterocycles. The summed E-state index contributed by atoms with van der Waals surface area (Å²) in [4.78, 5) is 18.3. The molecule has 1 amide bonds. The quantitative estimate of drug-likeness (QED) is 0.608. The molecule has 31 heavy (non-hydrogen) atoms. The highest BCUT2D eigenvalue weighted by atomic mass is 16.7. The minimum atomic E-state index is -0.132. The summed E-state index contributed by atoms with van der Waals surface area (Å²) >= 11 is 0. The lowest BCUT2D eigenvalue weighted by Crippen LogP contribution is -2.39. The zero-order valence-corrected chi connectivity index (χ0v) is 19.4. The van der Waals surface area contributed by atoms with Crippen molar-refractivity contribution in [2.24, 2.45) is 16.5 Å². The predicted molar refractivity (Wildman–Crippen MR) is 127 cm³/mol. The Morgan fingerprint density at radius 1 is 1.06 bits per heavy atom. The van der Waals surface area contributed by atoms with Crippen LogP contribution in [-0.4, -0.2) is 17.2 Å². The van der Waals surface area contributed by atoms with Crippen LogP contribution in [-0.2, 0) is 9.63 Å². The van der Waals surface area contributed by atoms with Gasteiger partial charge < -0.3 is 10.2 Å². The molecule has 0 saturated heterocycles. The van der Waals surface area contributed by atoms with Crippen molar-refractivity contribution in [2.75, 3.05) is 0 Å². The first-order valence-electron chi connectivity index (χ1n) is 11.4. The SMILES string of the molecule is CC1=NOC2(CCC(C(=O)NC3=CC=C(C(C)(C)C)CC=C3)CC2)C1.c1ccccc1. The molecule has 0 radical (unpaired) electrons. The van der Waals surface area contributed by atoms with Gasteiger partial charge in [-0.1, -0.05) is 80.1 Å². The number of nitrogens with one attached hydrogen (secondary N) is 1. The van der Waals surface area contributed by atoms with E-state index in [4.69, 9.17) is 4.84 Å². The van der Waals surface area contributed by atoms with Gasteiger partial charge in [0.2, 0.25) is 5.91 Å². The molecule has 4 heteroatoms. The Morgan fingerprint density at radius 3 is 2.19 bits per heavy atom. The highest BCUT2D eigenvalue weighted by Gasteiger charge is 2.42. The number of oxime groups is 1. The summed E-state index contributed by atoms with van der Waals surface area (Å²) in [5, 5.41) is 7.21. The van der Waals surface area contributed by atoms with E-state index in [0.717, 1.165) is 49.9 Å². The summed E-state index contributed by atoms with van der Waals surface area (Å²) in [6.07, 6.45) is 13.7. The van der Waals surface area contributed by atoms with Gasteiger partial charge in [-0.15, -0.1) is 0 Å². The van der Waals surface area contributed by atoms with Crippen LogP contribution in [0.3, 0.4) is 0 Å². The molecule has 1 aliphatic heterocycles. The van der Waals surface area contributed by atoms with E-state index in [-0.39, 0.29) is 22.8 Å². The Hall–Kier alpha value is -2.62. The third-order valence-corrected chi connectivity index (χ3v) is 6.24. The smallest absolute Gasteiger partial charge is 0.227 e. The van der Waals surface area contributed by atoms with Crippen molar-refractivity contribution in [1.29, 1.82) is 0 Å². The third-order valence-electron chi connectivity index (χ3n) is 6.24. The number of hydrogen-bond donors (Lipinski definition) is 1. The van der Waals surface area contributed by atoms with E-state index in [2.05, 4.69) is 43.4 Å². The van der Waals surface area contributed by atoms with Crippen molar-refractivity contribution in [3.63, 3.8) is 0 Å². The highest BCUT2D eigenvalue weighted by molar-refractivity contribution is 5.84. The summed E-state index contributed by atoms with van der Waals surface area (Å²) in [5.74, 6) is 0.202. The Bertz CT molecular complexity index is 838. The number of carbonyl (C=O) groups excluding carboxylic acids is 1. The standard InChI is InChI=1S/C21H30N2O2.C6H6/c1-15-14-21(25-23-15)12-10-16(11-13-21)19(24)22-18-7-5-6-17(8-9-18)20(2,3)4;1-2-4-6-5-3-1/h5,7-9,16H,6,10-14H2,1-4H3,(H,22,24);1-6H. The molecule has 0 bridgehead atoms. The van der Waals surface area contributed by atoms with E-state index in [0.29, 0.717) is 0 Å². The van der Waals surface area contributed by atoms with Gasteiger partial charge in [0.05, 0.1) is 5.71 Å².